The van der Waals surface area contributed by atoms with Gasteiger partial charge in [-0.05, 0) is 79.9 Å². The van der Waals surface area contributed by atoms with Crippen LogP contribution >= 0.6 is 24.8 Å². The van der Waals surface area contributed by atoms with E-state index in [1.807, 2.05) is 72.8 Å². The van der Waals surface area contributed by atoms with Crippen LogP contribution in [0.4, 0.5) is 27.5 Å². The number of para-hydroxylation sites is 2. The monoisotopic (exact) mass is 575 g/mol. The van der Waals surface area contributed by atoms with Crippen LogP contribution < -0.4 is 21.7 Å². The molecule has 0 atom stereocenters. The maximum atomic E-state index is 12.6. The Balaban J connectivity index is 0.00000220. The lowest BCUT2D eigenvalue weighted by Gasteiger charge is -2.14. The van der Waals surface area contributed by atoms with E-state index in [1.54, 1.807) is 0 Å². The van der Waals surface area contributed by atoms with Crippen molar-refractivity contribution >= 4 is 75.4 Å². The average Bonchev–Trinajstić information content (AvgIpc) is 2.94. The van der Waals surface area contributed by atoms with Gasteiger partial charge in [0, 0.05) is 27.8 Å². The first-order valence-corrected chi connectivity index (χ1v) is 13.2. The lowest BCUT2D eigenvalue weighted by molar-refractivity contribution is 0.262. The predicted octanol–water partition coefficient (Wildman–Crippen LogP) is 8.68. The Morgan fingerprint density at radius 2 is 1.12 bits per heavy atom. The van der Waals surface area contributed by atoms with E-state index in [4.69, 9.17) is 10.7 Å². The summed E-state index contributed by atoms with van der Waals surface area (Å²) in [7, 11) is 0. The van der Waals surface area contributed by atoms with Gasteiger partial charge >= 0.3 is 6.03 Å². The summed E-state index contributed by atoms with van der Waals surface area (Å²) in [6.07, 6.45) is 5.68. The minimum Gasteiger partial charge on any atom is -0.354 e. The van der Waals surface area contributed by atoms with Gasteiger partial charge in [-0.25, -0.2) is 9.78 Å². The van der Waals surface area contributed by atoms with E-state index in [1.165, 1.54) is 18.4 Å². The molecule has 5 aromatic rings. The number of hydrogen-bond donors (Lipinski definition) is 4. The van der Waals surface area contributed by atoms with E-state index in [0.717, 1.165) is 64.7 Å². The Kier molecular flexibility index (Phi) is 11.6. The van der Waals surface area contributed by atoms with Crippen LogP contribution in [0.15, 0.2) is 97.1 Å². The largest absolute Gasteiger partial charge is 0.354 e. The number of pyridine rings is 1. The number of nitrogens with one attached hydrogen (secondary N) is 3. The van der Waals surface area contributed by atoms with Crippen molar-refractivity contribution in [3.8, 4) is 0 Å². The number of anilines is 4. The zero-order valence-electron chi connectivity index (χ0n) is 22.2. The van der Waals surface area contributed by atoms with E-state index in [0.29, 0.717) is 5.69 Å². The number of fused-ring (bicyclic) bond motifs is 2. The minimum absolute atomic E-state index is 0. The number of rotatable bonds is 10. The fourth-order valence-corrected chi connectivity index (χ4v) is 4.63. The Bertz CT molecular complexity index is 1470. The van der Waals surface area contributed by atoms with E-state index < -0.39 is 0 Å². The number of carbonyl (C=O) groups is 1. The molecule has 0 saturated heterocycles. The van der Waals surface area contributed by atoms with Gasteiger partial charge < -0.3 is 21.7 Å². The Morgan fingerprint density at radius 1 is 0.625 bits per heavy atom. The first kappa shape index (κ1) is 30.7. The number of unbranched alkanes of at least 4 members (excludes halogenated alkanes) is 3. The number of halogens is 2. The number of nitrogens with zero attached hydrogens (tertiary/aromatic N) is 1. The van der Waals surface area contributed by atoms with Gasteiger partial charge in [0.25, 0.3) is 0 Å². The van der Waals surface area contributed by atoms with E-state index >= 15 is 0 Å². The normalized spacial score (nSPS) is 10.4. The first-order valence-electron chi connectivity index (χ1n) is 13.2. The molecule has 0 spiro atoms. The molecule has 0 saturated carbocycles. The van der Waals surface area contributed by atoms with Gasteiger partial charge in [0.1, 0.15) is 0 Å². The summed E-state index contributed by atoms with van der Waals surface area (Å²) >= 11 is 0. The van der Waals surface area contributed by atoms with Crippen LogP contribution in [0.2, 0.25) is 0 Å². The van der Waals surface area contributed by atoms with Gasteiger partial charge in [0.2, 0.25) is 0 Å². The maximum absolute atomic E-state index is 12.6. The third kappa shape index (κ3) is 7.85. The van der Waals surface area contributed by atoms with Crippen molar-refractivity contribution in [1.29, 1.82) is 0 Å². The SMILES string of the molecule is Cl.Cl.NCCCCCCc1ccc(NC(=O)Nc2ccc(Nc3c4ccccc4nc4ccccc34)cc2)cc1. The molecule has 6 nitrogen and oxygen atoms in total. The standard InChI is InChI=1S/C32H33N5O.2ClH/c33-22-8-2-1-3-9-23-14-16-25(17-15-23)35-32(38)36-26-20-18-24(19-21-26)34-31-27-10-4-6-12-29(27)37-30-13-7-5-11-28(30)31;;/h4-7,10-21H,1-3,8-9,22,33H2,(H,34,37)(H2,35,36,38);2*1H. The van der Waals surface area contributed by atoms with Crippen LogP contribution in [0.5, 0.6) is 0 Å². The van der Waals surface area contributed by atoms with Crippen LogP contribution in [-0.2, 0) is 6.42 Å². The van der Waals surface area contributed by atoms with E-state index in [2.05, 4.69) is 40.2 Å². The highest BCUT2D eigenvalue weighted by atomic mass is 35.5. The van der Waals surface area contributed by atoms with Crippen molar-refractivity contribution in [3.05, 3.63) is 103 Å². The molecule has 40 heavy (non-hydrogen) atoms. The molecular weight excluding hydrogens is 541 g/mol. The molecule has 208 valence electrons. The summed E-state index contributed by atoms with van der Waals surface area (Å²) in [4.78, 5) is 17.3. The molecule has 0 fully saturated rings. The number of aromatic nitrogens is 1. The summed E-state index contributed by atoms with van der Waals surface area (Å²) in [5, 5.41) is 11.5. The summed E-state index contributed by atoms with van der Waals surface area (Å²) in [5.41, 5.74) is 12.1. The third-order valence-electron chi connectivity index (χ3n) is 6.63. The van der Waals surface area contributed by atoms with Gasteiger partial charge in [-0.1, -0.05) is 61.4 Å². The van der Waals surface area contributed by atoms with Crippen molar-refractivity contribution in [3.63, 3.8) is 0 Å². The number of aryl methyl sites for hydroxylation is 1. The molecule has 0 unspecified atom stereocenters. The van der Waals surface area contributed by atoms with Crippen molar-refractivity contribution in [1.82, 2.24) is 4.98 Å². The van der Waals surface area contributed by atoms with Gasteiger partial charge in [0.05, 0.1) is 16.7 Å². The fraction of sp³-hybridized carbons (Fsp3) is 0.188. The first-order chi connectivity index (χ1) is 18.7. The quantitative estimate of drug-likeness (QED) is 0.0989. The second-order valence-electron chi connectivity index (χ2n) is 9.45. The van der Waals surface area contributed by atoms with Crippen LogP contribution in [-0.4, -0.2) is 17.6 Å². The Hall–Kier alpha value is -3.84. The zero-order valence-corrected chi connectivity index (χ0v) is 23.9. The van der Waals surface area contributed by atoms with Crippen LogP contribution in [0, 0.1) is 0 Å². The predicted molar refractivity (Wildman–Crippen MR) is 174 cm³/mol. The number of hydrogen-bond acceptors (Lipinski definition) is 4. The number of urea groups is 1. The molecule has 0 aliphatic carbocycles. The average molecular weight is 577 g/mol. The molecule has 5 rings (SSSR count). The van der Waals surface area contributed by atoms with Crippen molar-refractivity contribution in [2.75, 3.05) is 22.5 Å². The minimum atomic E-state index is -0.272. The van der Waals surface area contributed by atoms with Crippen LogP contribution in [0.3, 0.4) is 0 Å². The lowest BCUT2D eigenvalue weighted by Crippen LogP contribution is -2.19. The number of benzene rings is 4. The van der Waals surface area contributed by atoms with Gasteiger partial charge in [-0.3, -0.25) is 0 Å². The molecule has 4 aromatic carbocycles. The maximum Gasteiger partial charge on any atom is 0.323 e. The molecule has 0 radical (unpaired) electrons. The highest BCUT2D eigenvalue weighted by molar-refractivity contribution is 6.08. The van der Waals surface area contributed by atoms with Gasteiger partial charge in [-0.2, -0.15) is 0 Å². The Labute approximate surface area is 247 Å². The van der Waals surface area contributed by atoms with E-state index in [9.17, 15) is 4.79 Å². The zero-order chi connectivity index (χ0) is 26.2. The highest BCUT2D eigenvalue weighted by Gasteiger charge is 2.09. The van der Waals surface area contributed by atoms with Crippen molar-refractivity contribution in [2.24, 2.45) is 5.73 Å². The topological polar surface area (TPSA) is 92.1 Å². The Morgan fingerprint density at radius 3 is 1.70 bits per heavy atom. The smallest absolute Gasteiger partial charge is 0.323 e. The van der Waals surface area contributed by atoms with Crippen LogP contribution in [0.1, 0.15) is 31.2 Å². The second kappa shape index (κ2) is 15.1. The van der Waals surface area contributed by atoms with Crippen LogP contribution in [0.25, 0.3) is 21.8 Å². The second-order valence-corrected chi connectivity index (χ2v) is 9.45. The van der Waals surface area contributed by atoms with Crippen molar-refractivity contribution in [2.45, 2.75) is 32.1 Å². The van der Waals surface area contributed by atoms with Gasteiger partial charge in [0.15, 0.2) is 0 Å². The molecule has 0 aliphatic rings. The summed E-state index contributed by atoms with van der Waals surface area (Å²) in [6.45, 7) is 0.768. The van der Waals surface area contributed by atoms with Gasteiger partial charge in [-0.15, -0.1) is 24.8 Å². The van der Waals surface area contributed by atoms with E-state index in [-0.39, 0.29) is 30.8 Å². The molecular formula is C32H35Cl2N5O. The molecule has 2 amide bonds. The molecule has 8 heteroatoms. The molecule has 0 aliphatic heterocycles. The fourth-order valence-electron chi connectivity index (χ4n) is 4.63. The number of carbonyl (C=O) groups excluding carboxylic acids is 1. The van der Waals surface area contributed by atoms with Crippen molar-refractivity contribution < 1.29 is 4.79 Å². The number of amides is 2. The molecule has 1 heterocycles. The molecule has 5 N–H and O–H groups in total. The molecule has 1 aromatic heterocycles. The summed E-state index contributed by atoms with van der Waals surface area (Å²) in [5.74, 6) is 0. The number of nitrogens with two attached hydrogens (primary N) is 1. The summed E-state index contributed by atoms with van der Waals surface area (Å²) in [6, 6.07) is 31.7. The third-order valence-corrected chi connectivity index (χ3v) is 6.63. The summed E-state index contributed by atoms with van der Waals surface area (Å²) < 4.78 is 0. The lowest BCUT2D eigenvalue weighted by atomic mass is 10.1. The highest BCUT2D eigenvalue weighted by Crippen LogP contribution is 2.33. The molecule has 0 bridgehead atoms.